The van der Waals surface area contributed by atoms with Gasteiger partial charge in [0.1, 0.15) is 28.9 Å². The van der Waals surface area contributed by atoms with E-state index in [1.807, 2.05) is 6.92 Å². The molecule has 3 aromatic heterocycles. The number of carbonyl (C=O) groups is 2. The summed E-state index contributed by atoms with van der Waals surface area (Å²) in [5.74, 6) is -5.11. The molecule has 1 saturated heterocycles. The molecule has 0 spiro atoms. The monoisotopic (exact) mass is 639 g/mol. The molecule has 2 atom stereocenters. The second-order valence-corrected chi connectivity index (χ2v) is 10.9. The van der Waals surface area contributed by atoms with Crippen LogP contribution in [0.5, 0.6) is 0 Å². The van der Waals surface area contributed by atoms with E-state index in [1.165, 1.54) is 53.3 Å². The summed E-state index contributed by atoms with van der Waals surface area (Å²) in [6.45, 7) is 2.94. The van der Waals surface area contributed by atoms with Crippen molar-refractivity contribution in [2.24, 2.45) is 0 Å². The van der Waals surface area contributed by atoms with Crippen LogP contribution in [-0.2, 0) is 22.1 Å². The Labute approximate surface area is 258 Å². The second kappa shape index (κ2) is 12.0. The summed E-state index contributed by atoms with van der Waals surface area (Å²) in [6.07, 6.45) is -1.07. The van der Waals surface area contributed by atoms with Crippen LogP contribution >= 0.6 is 0 Å². The lowest BCUT2D eigenvalue weighted by Crippen LogP contribution is -2.44. The highest BCUT2D eigenvalue weighted by Gasteiger charge is 2.37. The van der Waals surface area contributed by atoms with E-state index in [4.69, 9.17) is 4.74 Å². The number of pyridine rings is 2. The van der Waals surface area contributed by atoms with Gasteiger partial charge in [-0.2, -0.15) is 13.2 Å². The van der Waals surface area contributed by atoms with Crippen molar-refractivity contribution >= 4 is 34.0 Å². The second-order valence-electron chi connectivity index (χ2n) is 10.9. The first-order valence-corrected chi connectivity index (χ1v) is 14.2. The fraction of sp³-hybridized carbons (Fsp3) is 0.250. The Morgan fingerprint density at radius 2 is 1.85 bits per heavy atom. The Balaban J connectivity index is 1.31. The number of carbonyl (C=O) groups excluding carboxylic acids is 1. The fourth-order valence-corrected chi connectivity index (χ4v) is 5.77. The van der Waals surface area contributed by atoms with Crippen LogP contribution in [0.2, 0.25) is 0 Å². The number of aliphatic carboxylic acids is 1. The van der Waals surface area contributed by atoms with E-state index in [9.17, 15) is 27.9 Å². The van der Waals surface area contributed by atoms with Crippen LogP contribution in [0.25, 0.3) is 27.7 Å². The van der Waals surface area contributed by atoms with Crippen molar-refractivity contribution in [2.45, 2.75) is 31.6 Å². The van der Waals surface area contributed by atoms with E-state index < -0.39 is 53.3 Å². The van der Waals surface area contributed by atoms with Gasteiger partial charge in [-0.1, -0.05) is 24.3 Å². The maximum absolute atomic E-state index is 15.1. The number of aromatic nitrogens is 3. The van der Waals surface area contributed by atoms with Crippen LogP contribution in [0, 0.1) is 11.6 Å². The third-order valence-electron chi connectivity index (χ3n) is 7.94. The first-order chi connectivity index (χ1) is 21.9. The molecule has 0 bridgehead atoms. The summed E-state index contributed by atoms with van der Waals surface area (Å²) in [4.78, 5) is 35.3. The molecule has 1 amide bonds. The molecule has 238 valence electrons. The van der Waals surface area contributed by atoms with Gasteiger partial charge in [-0.15, -0.1) is 0 Å². The number of hydrogen-bond acceptors (Lipinski definition) is 6. The van der Waals surface area contributed by atoms with Crippen molar-refractivity contribution in [3.63, 3.8) is 0 Å². The van der Waals surface area contributed by atoms with Crippen molar-refractivity contribution in [2.75, 3.05) is 24.7 Å². The predicted molar refractivity (Wildman–Crippen MR) is 158 cm³/mol. The number of hydrogen-bond donors (Lipinski definition) is 2. The minimum absolute atomic E-state index is 0.0431. The molecular weight excluding hydrogens is 613 g/mol. The molecule has 14 heteroatoms. The maximum atomic E-state index is 15.1. The van der Waals surface area contributed by atoms with Crippen molar-refractivity contribution in [1.82, 2.24) is 19.7 Å². The molecule has 0 saturated carbocycles. The SMILES string of the molecule is C[C@H]1COCCN1c1cc(F)c(C(=O)N[C@@H](Cc2ccc(-c3ncc4ccccc4c3C(F)(F)F)c3nccn23)C(=O)O)c(F)c1. The van der Waals surface area contributed by atoms with E-state index in [0.717, 1.165) is 12.1 Å². The Bertz CT molecular complexity index is 1960. The molecule has 0 aliphatic carbocycles. The molecular formula is C32H26F5N5O4. The number of nitrogens with one attached hydrogen (secondary N) is 1. The summed E-state index contributed by atoms with van der Waals surface area (Å²) < 4.78 is 80.0. The number of imidazole rings is 1. The largest absolute Gasteiger partial charge is 0.480 e. The predicted octanol–water partition coefficient (Wildman–Crippen LogP) is 5.50. The number of carboxylic acid groups (broad SMARTS) is 1. The molecule has 2 N–H and O–H groups in total. The summed E-state index contributed by atoms with van der Waals surface area (Å²) >= 11 is 0. The highest BCUT2D eigenvalue weighted by atomic mass is 19.4. The fourth-order valence-electron chi connectivity index (χ4n) is 5.77. The van der Waals surface area contributed by atoms with Crippen molar-refractivity contribution in [3.8, 4) is 11.3 Å². The molecule has 5 aromatic rings. The Morgan fingerprint density at radius 1 is 1.11 bits per heavy atom. The number of morpholine rings is 1. The first kappa shape index (κ1) is 30.9. The lowest BCUT2D eigenvalue weighted by Gasteiger charge is -2.35. The zero-order valence-corrected chi connectivity index (χ0v) is 24.2. The number of ether oxygens (including phenoxy) is 1. The van der Waals surface area contributed by atoms with Gasteiger partial charge < -0.3 is 24.5 Å². The van der Waals surface area contributed by atoms with Crippen molar-refractivity contribution < 1.29 is 41.4 Å². The molecule has 4 heterocycles. The molecule has 0 radical (unpaired) electrons. The zero-order valence-electron chi connectivity index (χ0n) is 24.2. The average Bonchev–Trinajstić information content (AvgIpc) is 3.50. The number of benzene rings is 2. The van der Waals surface area contributed by atoms with Crippen molar-refractivity contribution in [1.29, 1.82) is 0 Å². The number of nitrogens with zero attached hydrogens (tertiary/aromatic N) is 4. The highest BCUT2D eigenvalue weighted by molar-refractivity contribution is 5.97. The van der Waals surface area contributed by atoms with Gasteiger partial charge in [-0.3, -0.25) is 9.78 Å². The third-order valence-corrected chi connectivity index (χ3v) is 7.94. The normalized spacial score (nSPS) is 16.1. The number of fused-ring (bicyclic) bond motifs is 2. The maximum Gasteiger partial charge on any atom is 0.419 e. The van der Waals surface area contributed by atoms with Gasteiger partial charge in [-0.05, 0) is 36.6 Å². The van der Waals surface area contributed by atoms with Gasteiger partial charge in [0.15, 0.2) is 0 Å². The van der Waals surface area contributed by atoms with Crippen LogP contribution in [0.15, 0.2) is 67.1 Å². The lowest BCUT2D eigenvalue weighted by atomic mass is 9.99. The van der Waals surface area contributed by atoms with E-state index >= 15 is 8.78 Å². The van der Waals surface area contributed by atoms with E-state index in [0.29, 0.717) is 25.1 Å². The average molecular weight is 640 g/mol. The van der Waals surface area contributed by atoms with Gasteiger partial charge in [0.05, 0.1) is 24.5 Å². The first-order valence-electron chi connectivity index (χ1n) is 14.2. The molecule has 0 unspecified atom stereocenters. The van der Waals surface area contributed by atoms with Crippen LogP contribution in [0.4, 0.5) is 27.6 Å². The molecule has 6 rings (SSSR count). The molecule has 2 aromatic carbocycles. The third kappa shape index (κ3) is 5.71. The van der Waals surface area contributed by atoms with Gasteiger partial charge in [-0.25, -0.2) is 18.6 Å². The topological polar surface area (TPSA) is 109 Å². The molecule has 46 heavy (non-hydrogen) atoms. The van der Waals surface area contributed by atoms with E-state index in [2.05, 4.69) is 15.3 Å². The number of halogens is 5. The smallest absolute Gasteiger partial charge is 0.419 e. The summed E-state index contributed by atoms with van der Waals surface area (Å²) in [5, 5.41) is 12.3. The van der Waals surface area contributed by atoms with Crippen LogP contribution in [0.1, 0.15) is 28.5 Å². The van der Waals surface area contributed by atoms with Crippen LogP contribution in [0.3, 0.4) is 0 Å². The summed E-state index contributed by atoms with van der Waals surface area (Å²) in [5.41, 5.74) is -1.69. The minimum atomic E-state index is -4.76. The quantitative estimate of drug-likeness (QED) is 0.227. The van der Waals surface area contributed by atoms with Gasteiger partial charge in [0, 0.05) is 59.9 Å². The molecule has 1 fully saturated rings. The Hall–Kier alpha value is -5.11. The van der Waals surface area contributed by atoms with Crippen LogP contribution in [-0.4, -0.2) is 63.2 Å². The summed E-state index contributed by atoms with van der Waals surface area (Å²) in [7, 11) is 0. The van der Waals surface area contributed by atoms with E-state index in [-0.39, 0.29) is 39.7 Å². The number of rotatable bonds is 7. The molecule has 1 aliphatic rings. The molecule has 9 nitrogen and oxygen atoms in total. The number of carboxylic acids is 1. The Morgan fingerprint density at radius 3 is 2.54 bits per heavy atom. The van der Waals surface area contributed by atoms with Crippen LogP contribution < -0.4 is 10.2 Å². The van der Waals surface area contributed by atoms with Crippen molar-refractivity contribution in [3.05, 3.63) is 95.6 Å². The Kier molecular flexibility index (Phi) is 8.06. The lowest BCUT2D eigenvalue weighted by molar-refractivity contribution is -0.139. The zero-order chi connectivity index (χ0) is 32.7. The standard InChI is InChI=1S/C32H26F5N5O4/c1-17-16-46-11-10-41(17)20-12-23(33)26(24(34)13-20)30(43)40-25(31(44)45)14-19-6-7-22(29-38-8-9-42(19)29)28-27(32(35,36)37)21-5-3-2-4-18(21)15-39-28/h2-9,12-13,15,17,25H,10-11,14,16H2,1H3,(H,40,43)(H,44,45)/t17-,25-/m0/s1. The highest BCUT2D eigenvalue weighted by Crippen LogP contribution is 2.41. The molecule has 1 aliphatic heterocycles. The minimum Gasteiger partial charge on any atom is -0.480 e. The number of amides is 1. The van der Waals surface area contributed by atoms with Gasteiger partial charge in [0.2, 0.25) is 0 Å². The van der Waals surface area contributed by atoms with E-state index in [1.54, 1.807) is 11.0 Å². The van der Waals surface area contributed by atoms with Gasteiger partial charge >= 0.3 is 12.1 Å². The number of anilines is 1. The van der Waals surface area contributed by atoms with Gasteiger partial charge in [0.25, 0.3) is 5.91 Å². The number of alkyl halides is 3. The summed E-state index contributed by atoms with van der Waals surface area (Å²) in [6, 6.07) is 8.91.